The SMILES string of the molecule is COc1cccc(C#N)c1NC(C)c1cc(F)ccc1O. The van der Waals surface area contributed by atoms with Gasteiger partial charge < -0.3 is 15.2 Å². The second-order valence-electron chi connectivity index (χ2n) is 4.56. The van der Waals surface area contributed by atoms with E-state index in [1.54, 1.807) is 25.1 Å². The van der Waals surface area contributed by atoms with Crippen LogP contribution in [0.5, 0.6) is 11.5 Å². The van der Waals surface area contributed by atoms with Crippen LogP contribution < -0.4 is 10.1 Å². The Morgan fingerprint density at radius 2 is 2.10 bits per heavy atom. The van der Waals surface area contributed by atoms with Crippen molar-refractivity contribution in [3.63, 3.8) is 0 Å². The van der Waals surface area contributed by atoms with E-state index in [1.165, 1.54) is 25.3 Å². The maximum absolute atomic E-state index is 13.3. The molecule has 0 saturated carbocycles. The summed E-state index contributed by atoms with van der Waals surface area (Å²) in [5.41, 5.74) is 1.33. The van der Waals surface area contributed by atoms with E-state index in [9.17, 15) is 9.50 Å². The van der Waals surface area contributed by atoms with Gasteiger partial charge in [0.1, 0.15) is 23.4 Å². The number of methoxy groups -OCH3 is 1. The van der Waals surface area contributed by atoms with E-state index in [0.717, 1.165) is 0 Å². The number of para-hydroxylation sites is 1. The van der Waals surface area contributed by atoms with Gasteiger partial charge in [0.25, 0.3) is 0 Å². The zero-order valence-corrected chi connectivity index (χ0v) is 11.7. The maximum atomic E-state index is 13.3. The predicted molar refractivity (Wildman–Crippen MR) is 77.8 cm³/mol. The van der Waals surface area contributed by atoms with Crippen molar-refractivity contribution >= 4 is 5.69 Å². The van der Waals surface area contributed by atoms with Gasteiger partial charge in [0.05, 0.1) is 24.4 Å². The molecule has 0 saturated heterocycles. The van der Waals surface area contributed by atoms with E-state index in [-0.39, 0.29) is 5.75 Å². The number of hydrogen-bond acceptors (Lipinski definition) is 4. The summed E-state index contributed by atoms with van der Waals surface area (Å²) in [5, 5.41) is 22.1. The summed E-state index contributed by atoms with van der Waals surface area (Å²) in [6.07, 6.45) is 0. The number of benzene rings is 2. The Kier molecular flexibility index (Phi) is 4.29. The third kappa shape index (κ3) is 3.06. The van der Waals surface area contributed by atoms with Crippen molar-refractivity contribution in [2.45, 2.75) is 13.0 Å². The summed E-state index contributed by atoms with van der Waals surface area (Å²) in [6.45, 7) is 1.77. The van der Waals surface area contributed by atoms with Gasteiger partial charge in [0.2, 0.25) is 0 Å². The number of nitrogens with zero attached hydrogens (tertiary/aromatic N) is 1. The van der Waals surface area contributed by atoms with Crippen LogP contribution in [0.15, 0.2) is 36.4 Å². The highest BCUT2D eigenvalue weighted by Crippen LogP contribution is 2.33. The molecule has 0 bridgehead atoms. The third-order valence-corrected chi connectivity index (χ3v) is 3.18. The van der Waals surface area contributed by atoms with Crippen molar-refractivity contribution in [3.8, 4) is 17.6 Å². The van der Waals surface area contributed by atoms with Crippen LogP contribution in [0.4, 0.5) is 10.1 Å². The van der Waals surface area contributed by atoms with Crippen LogP contribution in [0.2, 0.25) is 0 Å². The second kappa shape index (κ2) is 6.14. The molecule has 2 aromatic carbocycles. The smallest absolute Gasteiger partial charge is 0.143 e. The Bertz CT molecular complexity index is 695. The average molecular weight is 286 g/mol. The van der Waals surface area contributed by atoms with Crippen molar-refractivity contribution in [1.82, 2.24) is 0 Å². The number of rotatable bonds is 4. The van der Waals surface area contributed by atoms with Gasteiger partial charge in [-0.25, -0.2) is 4.39 Å². The van der Waals surface area contributed by atoms with Gasteiger partial charge in [0.15, 0.2) is 0 Å². The minimum atomic E-state index is -0.433. The van der Waals surface area contributed by atoms with E-state index in [1.807, 2.05) is 0 Å². The molecule has 0 fully saturated rings. The fourth-order valence-corrected chi connectivity index (χ4v) is 2.11. The first-order chi connectivity index (χ1) is 10.1. The summed E-state index contributed by atoms with van der Waals surface area (Å²) in [5.74, 6) is 0.0681. The third-order valence-electron chi connectivity index (χ3n) is 3.18. The van der Waals surface area contributed by atoms with Crippen LogP contribution >= 0.6 is 0 Å². The Labute approximate surface area is 122 Å². The largest absolute Gasteiger partial charge is 0.508 e. The summed E-state index contributed by atoms with van der Waals surface area (Å²) < 4.78 is 18.5. The molecule has 2 aromatic rings. The number of nitrogens with one attached hydrogen (secondary N) is 1. The van der Waals surface area contributed by atoms with Crippen LogP contribution in [0.25, 0.3) is 0 Å². The topological polar surface area (TPSA) is 65.3 Å². The number of hydrogen-bond donors (Lipinski definition) is 2. The molecule has 0 spiro atoms. The quantitative estimate of drug-likeness (QED) is 0.901. The van der Waals surface area contributed by atoms with Gasteiger partial charge in [-0.15, -0.1) is 0 Å². The molecule has 1 unspecified atom stereocenters. The molecule has 0 aliphatic rings. The van der Waals surface area contributed by atoms with E-state index in [0.29, 0.717) is 22.6 Å². The predicted octanol–water partition coefficient (Wildman–Crippen LogP) is 3.58. The number of aromatic hydroxyl groups is 1. The summed E-state index contributed by atoms with van der Waals surface area (Å²) in [6, 6.07) is 10.5. The van der Waals surface area contributed by atoms with Crippen molar-refractivity contribution < 1.29 is 14.2 Å². The zero-order chi connectivity index (χ0) is 15.4. The van der Waals surface area contributed by atoms with Gasteiger partial charge in [-0.1, -0.05) is 6.07 Å². The average Bonchev–Trinajstić information content (AvgIpc) is 2.49. The number of halogens is 1. The van der Waals surface area contributed by atoms with Crippen LogP contribution in [0.1, 0.15) is 24.1 Å². The first-order valence-corrected chi connectivity index (χ1v) is 6.39. The molecule has 2 rings (SSSR count). The van der Waals surface area contributed by atoms with Gasteiger partial charge >= 0.3 is 0 Å². The van der Waals surface area contributed by atoms with Crippen LogP contribution in [0.3, 0.4) is 0 Å². The molecule has 0 amide bonds. The maximum Gasteiger partial charge on any atom is 0.143 e. The molecule has 0 aliphatic heterocycles. The highest BCUT2D eigenvalue weighted by atomic mass is 19.1. The van der Waals surface area contributed by atoms with Crippen LogP contribution in [0, 0.1) is 17.1 Å². The lowest BCUT2D eigenvalue weighted by Gasteiger charge is -2.19. The number of anilines is 1. The Morgan fingerprint density at radius 3 is 2.76 bits per heavy atom. The van der Waals surface area contributed by atoms with E-state index in [2.05, 4.69) is 11.4 Å². The zero-order valence-electron chi connectivity index (χ0n) is 11.7. The van der Waals surface area contributed by atoms with Crippen LogP contribution in [-0.4, -0.2) is 12.2 Å². The lowest BCUT2D eigenvalue weighted by molar-refractivity contribution is 0.415. The number of nitriles is 1. The lowest BCUT2D eigenvalue weighted by atomic mass is 10.1. The Morgan fingerprint density at radius 1 is 1.33 bits per heavy atom. The van der Waals surface area contributed by atoms with Crippen molar-refractivity contribution in [1.29, 1.82) is 5.26 Å². The standard InChI is InChI=1S/C16H15FN2O2/c1-10(13-8-12(17)6-7-14(13)20)19-16-11(9-18)4-3-5-15(16)21-2/h3-8,10,19-20H,1-2H3. The molecular weight excluding hydrogens is 271 g/mol. The Hall–Kier alpha value is -2.74. The minimum absolute atomic E-state index is 0.00944. The molecule has 21 heavy (non-hydrogen) atoms. The highest BCUT2D eigenvalue weighted by Gasteiger charge is 2.16. The van der Waals surface area contributed by atoms with Gasteiger partial charge in [-0.2, -0.15) is 5.26 Å². The van der Waals surface area contributed by atoms with E-state index >= 15 is 0 Å². The van der Waals surface area contributed by atoms with Gasteiger partial charge in [-0.3, -0.25) is 0 Å². The number of ether oxygens (including phenoxy) is 1. The molecule has 4 nitrogen and oxygen atoms in total. The minimum Gasteiger partial charge on any atom is -0.508 e. The Balaban J connectivity index is 2.38. The van der Waals surface area contributed by atoms with E-state index < -0.39 is 11.9 Å². The lowest BCUT2D eigenvalue weighted by Crippen LogP contribution is -2.09. The molecule has 0 radical (unpaired) electrons. The van der Waals surface area contributed by atoms with Crippen molar-refractivity contribution in [3.05, 3.63) is 53.3 Å². The highest BCUT2D eigenvalue weighted by molar-refractivity contribution is 5.67. The normalized spacial score (nSPS) is 11.5. The van der Waals surface area contributed by atoms with Gasteiger partial charge in [-0.05, 0) is 37.3 Å². The fraction of sp³-hybridized carbons (Fsp3) is 0.188. The molecule has 108 valence electrons. The second-order valence-corrected chi connectivity index (χ2v) is 4.56. The van der Waals surface area contributed by atoms with Gasteiger partial charge in [0, 0.05) is 5.56 Å². The van der Waals surface area contributed by atoms with E-state index in [4.69, 9.17) is 10.00 Å². The van der Waals surface area contributed by atoms with Crippen LogP contribution in [-0.2, 0) is 0 Å². The van der Waals surface area contributed by atoms with Crippen molar-refractivity contribution in [2.75, 3.05) is 12.4 Å². The number of phenols is 1. The molecule has 0 aliphatic carbocycles. The molecular formula is C16H15FN2O2. The molecule has 1 atom stereocenters. The van der Waals surface area contributed by atoms with Crippen molar-refractivity contribution in [2.24, 2.45) is 0 Å². The molecule has 0 heterocycles. The number of phenolic OH excluding ortho intramolecular Hbond substituents is 1. The summed E-state index contributed by atoms with van der Waals surface area (Å²) in [4.78, 5) is 0. The fourth-order valence-electron chi connectivity index (χ4n) is 2.11. The molecule has 2 N–H and O–H groups in total. The first-order valence-electron chi connectivity index (χ1n) is 6.39. The first kappa shape index (κ1) is 14.7. The summed E-state index contributed by atoms with van der Waals surface area (Å²) in [7, 11) is 1.51. The molecule has 0 aromatic heterocycles. The summed E-state index contributed by atoms with van der Waals surface area (Å²) >= 11 is 0. The molecule has 5 heteroatoms. The monoisotopic (exact) mass is 286 g/mol.